The summed E-state index contributed by atoms with van der Waals surface area (Å²) in [5.74, 6) is 0. The van der Waals surface area contributed by atoms with Crippen LogP contribution in [0.15, 0.2) is 24.3 Å². The molecule has 0 spiro atoms. The van der Waals surface area contributed by atoms with Crippen molar-refractivity contribution in [1.29, 1.82) is 0 Å². The Morgan fingerprint density at radius 2 is 2.00 bits per heavy atom. The van der Waals surface area contributed by atoms with E-state index >= 15 is 0 Å². The third kappa shape index (κ3) is 3.38. The zero-order chi connectivity index (χ0) is 12.2. The number of alkyl halides is 3. The van der Waals surface area contributed by atoms with Gasteiger partial charge in [0.05, 0.1) is 5.56 Å². The smallest absolute Gasteiger partial charge is 0.316 e. The number of benzene rings is 1. The SMILES string of the molecule is CNCC=Cc1ccc(C)c(C(F)(F)F)c1. The second-order valence-corrected chi connectivity index (χ2v) is 3.53. The summed E-state index contributed by atoms with van der Waals surface area (Å²) < 4.78 is 37.7. The fourth-order valence-corrected chi connectivity index (χ4v) is 1.36. The Morgan fingerprint density at radius 1 is 1.31 bits per heavy atom. The predicted octanol–water partition coefficient (Wildman–Crippen LogP) is 3.25. The van der Waals surface area contributed by atoms with Crippen molar-refractivity contribution in [2.24, 2.45) is 0 Å². The third-order valence-corrected chi connectivity index (χ3v) is 2.20. The van der Waals surface area contributed by atoms with E-state index in [0.717, 1.165) is 0 Å². The molecule has 0 atom stereocenters. The number of halogens is 3. The van der Waals surface area contributed by atoms with Gasteiger partial charge in [0.25, 0.3) is 0 Å². The van der Waals surface area contributed by atoms with Crippen LogP contribution < -0.4 is 5.32 Å². The van der Waals surface area contributed by atoms with E-state index in [2.05, 4.69) is 5.32 Å². The van der Waals surface area contributed by atoms with Crippen molar-refractivity contribution in [2.75, 3.05) is 13.6 Å². The van der Waals surface area contributed by atoms with Gasteiger partial charge in [-0.1, -0.05) is 24.3 Å². The van der Waals surface area contributed by atoms with Gasteiger partial charge >= 0.3 is 6.18 Å². The Kier molecular flexibility index (Phi) is 4.12. The van der Waals surface area contributed by atoms with Crippen LogP contribution in [0.1, 0.15) is 16.7 Å². The summed E-state index contributed by atoms with van der Waals surface area (Å²) >= 11 is 0. The van der Waals surface area contributed by atoms with Gasteiger partial charge in [-0.15, -0.1) is 0 Å². The first kappa shape index (κ1) is 12.8. The molecule has 4 heteroatoms. The summed E-state index contributed by atoms with van der Waals surface area (Å²) in [5.41, 5.74) is 0.241. The van der Waals surface area contributed by atoms with Gasteiger partial charge < -0.3 is 5.32 Å². The quantitative estimate of drug-likeness (QED) is 0.839. The van der Waals surface area contributed by atoms with Crippen molar-refractivity contribution in [3.05, 3.63) is 41.0 Å². The van der Waals surface area contributed by atoms with Crippen molar-refractivity contribution >= 4 is 6.08 Å². The third-order valence-electron chi connectivity index (χ3n) is 2.20. The lowest BCUT2D eigenvalue weighted by Crippen LogP contribution is -2.07. The van der Waals surface area contributed by atoms with Crippen LogP contribution in [0.25, 0.3) is 6.08 Å². The number of likely N-dealkylation sites (N-methyl/N-ethyl adjacent to an activating group) is 1. The van der Waals surface area contributed by atoms with Crippen LogP contribution in [0, 0.1) is 6.92 Å². The molecule has 1 nitrogen and oxygen atoms in total. The number of rotatable bonds is 3. The lowest BCUT2D eigenvalue weighted by Gasteiger charge is -2.10. The Labute approximate surface area is 93.0 Å². The first-order chi connectivity index (χ1) is 7.45. The Morgan fingerprint density at radius 3 is 2.56 bits per heavy atom. The van der Waals surface area contributed by atoms with Gasteiger partial charge in [0.2, 0.25) is 0 Å². The molecule has 0 radical (unpaired) electrons. The van der Waals surface area contributed by atoms with Crippen LogP contribution in [0.4, 0.5) is 13.2 Å². The molecule has 0 saturated heterocycles. The summed E-state index contributed by atoms with van der Waals surface area (Å²) in [6.45, 7) is 2.10. The van der Waals surface area contributed by atoms with Crippen LogP contribution in [0.3, 0.4) is 0 Å². The monoisotopic (exact) mass is 229 g/mol. The van der Waals surface area contributed by atoms with E-state index in [1.165, 1.54) is 19.1 Å². The van der Waals surface area contributed by atoms with E-state index in [4.69, 9.17) is 0 Å². The standard InChI is InChI=1S/C12H14F3N/c1-9-5-6-10(4-3-7-16-2)8-11(9)12(13,14)15/h3-6,8,16H,7H2,1-2H3. The summed E-state index contributed by atoms with van der Waals surface area (Å²) in [6, 6.07) is 4.33. The van der Waals surface area contributed by atoms with Crippen LogP contribution in [0.5, 0.6) is 0 Å². The summed E-state index contributed by atoms with van der Waals surface area (Å²) in [4.78, 5) is 0. The summed E-state index contributed by atoms with van der Waals surface area (Å²) in [5, 5.41) is 2.89. The molecule has 0 aromatic heterocycles. The van der Waals surface area contributed by atoms with Gasteiger partial charge in [-0.3, -0.25) is 0 Å². The van der Waals surface area contributed by atoms with Gasteiger partial charge in [-0.05, 0) is 31.2 Å². The average molecular weight is 229 g/mol. The van der Waals surface area contributed by atoms with E-state index in [1.807, 2.05) is 0 Å². The lowest BCUT2D eigenvalue weighted by atomic mass is 10.0. The molecule has 0 bridgehead atoms. The minimum atomic E-state index is -4.28. The first-order valence-corrected chi connectivity index (χ1v) is 4.94. The van der Waals surface area contributed by atoms with Crippen LogP contribution in [-0.4, -0.2) is 13.6 Å². The van der Waals surface area contributed by atoms with Crippen molar-refractivity contribution in [3.63, 3.8) is 0 Å². The average Bonchev–Trinajstić information content (AvgIpc) is 2.19. The van der Waals surface area contributed by atoms with Gasteiger partial charge in [0.15, 0.2) is 0 Å². The second kappa shape index (κ2) is 5.16. The highest BCUT2D eigenvalue weighted by Gasteiger charge is 2.32. The number of hydrogen-bond donors (Lipinski definition) is 1. The molecule has 1 aromatic carbocycles. The van der Waals surface area contributed by atoms with Crippen molar-refractivity contribution in [2.45, 2.75) is 13.1 Å². The maximum atomic E-state index is 12.6. The second-order valence-electron chi connectivity index (χ2n) is 3.53. The highest BCUT2D eigenvalue weighted by Crippen LogP contribution is 2.32. The fourth-order valence-electron chi connectivity index (χ4n) is 1.36. The van der Waals surface area contributed by atoms with Gasteiger partial charge in [0.1, 0.15) is 0 Å². The maximum absolute atomic E-state index is 12.6. The molecule has 0 aliphatic carbocycles. The van der Waals surface area contributed by atoms with E-state index in [9.17, 15) is 13.2 Å². The number of aryl methyl sites for hydroxylation is 1. The highest BCUT2D eigenvalue weighted by molar-refractivity contribution is 5.52. The summed E-state index contributed by atoms with van der Waals surface area (Å²) in [7, 11) is 1.78. The van der Waals surface area contributed by atoms with Crippen LogP contribution in [0.2, 0.25) is 0 Å². The molecule has 0 fully saturated rings. The molecule has 0 aliphatic heterocycles. The van der Waals surface area contributed by atoms with Gasteiger partial charge in [0, 0.05) is 6.54 Å². The maximum Gasteiger partial charge on any atom is 0.416 e. The Bertz CT molecular complexity index is 380. The minimum absolute atomic E-state index is 0.248. The first-order valence-electron chi connectivity index (χ1n) is 4.94. The normalized spacial score (nSPS) is 12.3. The Balaban J connectivity index is 2.99. The topological polar surface area (TPSA) is 12.0 Å². The Hall–Kier alpha value is -1.29. The van der Waals surface area contributed by atoms with Crippen molar-refractivity contribution < 1.29 is 13.2 Å². The molecule has 0 saturated carbocycles. The van der Waals surface area contributed by atoms with Crippen LogP contribution >= 0.6 is 0 Å². The molecule has 1 aromatic rings. The molecule has 1 rings (SSSR count). The van der Waals surface area contributed by atoms with E-state index in [1.54, 1.807) is 25.3 Å². The van der Waals surface area contributed by atoms with E-state index in [-0.39, 0.29) is 5.56 Å². The molecule has 0 heterocycles. The fraction of sp³-hybridized carbons (Fsp3) is 0.333. The zero-order valence-electron chi connectivity index (χ0n) is 9.23. The molecule has 88 valence electrons. The molecule has 16 heavy (non-hydrogen) atoms. The molecule has 0 amide bonds. The minimum Gasteiger partial charge on any atom is -0.316 e. The molecular weight excluding hydrogens is 215 g/mol. The van der Waals surface area contributed by atoms with Gasteiger partial charge in [-0.2, -0.15) is 13.2 Å². The van der Waals surface area contributed by atoms with E-state index in [0.29, 0.717) is 12.1 Å². The molecular formula is C12H14F3N. The van der Waals surface area contributed by atoms with Crippen LogP contribution in [-0.2, 0) is 6.18 Å². The molecule has 0 unspecified atom stereocenters. The number of hydrogen-bond acceptors (Lipinski definition) is 1. The van der Waals surface area contributed by atoms with E-state index < -0.39 is 11.7 Å². The lowest BCUT2D eigenvalue weighted by molar-refractivity contribution is -0.138. The summed E-state index contributed by atoms with van der Waals surface area (Å²) in [6.07, 6.45) is -0.826. The predicted molar refractivity (Wildman–Crippen MR) is 59.1 cm³/mol. The van der Waals surface area contributed by atoms with Gasteiger partial charge in [-0.25, -0.2) is 0 Å². The van der Waals surface area contributed by atoms with Crippen molar-refractivity contribution in [1.82, 2.24) is 5.32 Å². The molecule has 0 aliphatic rings. The highest BCUT2D eigenvalue weighted by atomic mass is 19.4. The number of nitrogens with one attached hydrogen (secondary N) is 1. The zero-order valence-corrected chi connectivity index (χ0v) is 9.23. The largest absolute Gasteiger partial charge is 0.416 e. The molecule has 1 N–H and O–H groups in total. The van der Waals surface area contributed by atoms with Crippen molar-refractivity contribution in [3.8, 4) is 0 Å².